The van der Waals surface area contributed by atoms with Gasteiger partial charge >= 0.3 is 12.0 Å². The molecule has 4 fully saturated rings. The van der Waals surface area contributed by atoms with E-state index in [0.717, 1.165) is 11.0 Å². The number of benzene rings is 1. The van der Waals surface area contributed by atoms with Crippen LogP contribution in [0.15, 0.2) is 36.4 Å². The first kappa shape index (κ1) is 41.6. The molecule has 1 aromatic carbocycles. The molecule has 2 aliphatic heterocycles. The molecule has 3 saturated carbocycles. The molecule has 1 saturated heterocycles. The van der Waals surface area contributed by atoms with Crippen molar-refractivity contribution in [2.75, 3.05) is 13.2 Å². The van der Waals surface area contributed by atoms with Crippen molar-refractivity contribution < 1.29 is 59.4 Å². The van der Waals surface area contributed by atoms with Crippen molar-refractivity contribution in [3.8, 4) is 5.88 Å². The van der Waals surface area contributed by atoms with E-state index >= 15 is 8.78 Å². The lowest BCUT2D eigenvalue weighted by Crippen LogP contribution is -2.60. The Morgan fingerprint density at radius 2 is 1.71 bits per heavy atom. The third-order valence-electron chi connectivity index (χ3n) is 11.6. The molecule has 7 unspecified atom stereocenters. The monoisotopic (exact) mass is 838 g/mol. The molecule has 7 rings (SSSR count). The molecule has 3 heterocycles. The van der Waals surface area contributed by atoms with Gasteiger partial charge in [-0.2, -0.15) is 8.78 Å². The third-order valence-corrected chi connectivity index (χ3v) is 13.8. The van der Waals surface area contributed by atoms with Crippen molar-refractivity contribution in [3.05, 3.63) is 42.1 Å². The Balaban J connectivity index is 1.26. The summed E-state index contributed by atoms with van der Waals surface area (Å²) in [5.41, 5.74) is -3.91. The van der Waals surface area contributed by atoms with E-state index in [4.69, 9.17) is 14.2 Å². The Hall–Kier alpha value is -4.59. The number of amides is 4. The van der Waals surface area contributed by atoms with Crippen LogP contribution in [0.1, 0.15) is 78.3 Å². The number of sulfonamides is 1. The van der Waals surface area contributed by atoms with Crippen LogP contribution in [0, 0.1) is 11.3 Å². The molecule has 4 amide bonds. The van der Waals surface area contributed by atoms with E-state index < -0.39 is 129 Å². The predicted octanol–water partition coefficient (Wildman–Crippen LogP) is 3.86. The first-order chi connectivity index (χ1) is 27.1. The summed E-state index contributed by atoms with van der Waals surface area (Å²) in [6, 6.07) is 3.27. The van der Waals surface area contributed by atoms with Crippen LogP contribution in [0.4, 0.5) is 22.4 Å². The van der Waals surface area contributed by atoms with Crippen LogP contribution < -0.4 is 20.1 Å². The molecule has 2 aromatic rings. The highest BCUT2D eigenvalue weighted by atomic mass is 32.2. The third kappa shape index (κ3) is 8.05. The van der Waals surface area contributed by atoms with Crippen LogP contribution in [0.2, 0.25) is 0 Å². The van der Waals surface area contributed by atoms with Gasteiger partial charge in [-0.1, -0.05) is 39.0 Å². The van der Waals surface area contributed by atoms with Crippen LogP contribution in [0.5, 0.6) is 5.88 Å². The molecule has 316 valence electrons. The van der Waals surface area contributed by atoms with E-state index in [1.54, 1.807) is 32.9 Å². The average molecular weight is 839 g/mol. The van der Waals surface area contributed by atoms with Crippen molar-refractivity contribution in [3.63, 3.8) is 0 Å². The Kier molecular flexibility index (Phi) is 10.7. The summed E-state index contributed by atoms with van der Waals surface area (Å²) in [7, 11) is -4.30. The number of rotatable bonds is 6. The average Bonchev–Trinajstić information content (AvgIpc) is 3.97. The fraction of sp³-hybridized carbons (Fsp3) is 0.632. The summed E-state index contributed by atoms with van der Waals surface area (Å²) < 4.78 is 105. The zero-order valence-electron chi connectivity index (χ0n) is 32.3. The van der Waals surface area contributed by atoms with Crippen LogP contribution in [0.3, 0.4) is 0 Å². The number of halogens is 4. The van der Waals surface area contributed by atoms with Gasteiger partial charge in [-0.3, -0.25) is 19.1 Å². The van der Waals surface area contributed by atoms with Crippen molar-refractivity contribution in [2.24, 2.45) is 11.3 Å². The number of carbonyl (C=O) groups excluding carboxylic acids is 4. The number of alkyl carbamates (subject to hydrolysis) is 1. The number of para-hydroxylation sites is 2. The summed E-state index contributed by atoms with van der Waals surface area (Å²) in [5, 5.41) is 4.94. The van der Waals surface area contributed by atoms with E-state index in [-0.39, 0.29) is 30.5 Å². The Bertz CT molecular complexity index is 2130. The number of ether oxygens (including phenoxy) is 3. The number of fused-ring (bicyclic) bond motifs is 5. The van der Waals surface area contributed by atoms with Gasteiger partial charge in [-0.15, -0.1) is 0 Å². The molecule has 5 aliphatic rings. The maximum Gasteiger partial charge on any atom is 0.408 e. The van der Waals surface area contributed by atoms with Crippen molar-refractivity contribution in [1.82, 2.24) is 30.2 Å². The van der Waals surface area contributed by atoms with Gasteiger partial charge in [-0.05, 0) is 69.1 Å². The summed E-state index contributed by atoms with van der Waals surface area (Å²) >= 11 is 0. The number of nitrogens with one attached hydrogen (secondary N) is 3. The molecular weight excluding hydrogens is 793 g/mol. The topological polar surface area (TPSA) is 195 Å². The Morgan fingerprint density at radius 1 is 1.03 bits per heavy atom. The van der Waals surface area contributed by atoms with Gasteiger partial charge < -0.3 is 29.7 Å². The number of aromatic nitrogens is 2. The fourth-order valence-corrected chi connectivity index (χ4v) is 9.04. The van der Waals surface area contributed by atoms with Gasteiger partial charge in [0.2, 0.25) is 34.1 Å². The second-order valence-electron chi connectivity index (χ2n) is 17.1. The van der Waals surface area contributed by atoms with E-state index in [9.17, 15) is 36.4 Å². The highest BCUT2D eigenvalue weighted by Gasteiger charge is 2.67. The van der Waals surface area contributed by atoms with E-state index in [0.29, 0.717) is 25.3 Å². The number of hydrogen-bond donors (Lipinski definition) is 3. The molecule has 0 spiro atoms. The number of hydrogen-bond acceptors (Lipinski definition) is 11. The number of allylic oxidation sites excluding steroid dienone is 1. The molecule has 20 heteroatoms. The number of nitrogens with zero attached hydrogens (tertiary/aromatic N) is 3. The van der Waals surface area contributed by atoms with Gasteiger partial charge in [0.25, 0.3) is 5.91 Å². The highest BCUT2D eigenvalue weighted by molar-refractivity contribution is 7.91. The molecule has 2 bridgehead atoms. The van der Waals surface area contributed by atoms with Gasteiger partial charge in [0.05, 0.1) is 41.0 Å². The van der Waals surface area contributed by atoms with E-state index in [2.05, 4.69) is 20.6 Å². The fourth-order valence-electron chi connectivity index (χ4n) is 7.73. The molecule has 0 radical (unpaired) electrons. The first-order valence-electron chi connectivity index (χ1n) is 19.2. The Morgan fingerprint density at radius 3 is 2.34 bits per heavy atom. The summed E-state index contributed by atoms with van der Waals surface area (Å²) in [6.45, 7) is 5.63. The molecule has 3 N–H and O–H groups in total. The minimum absolute atomic E-state index is 0.130. The zero-order valence-corrected chi connectivity index (χ0v) is 33.1. The van der Waals surface area contributed by atoms with Crippen molar-refractivity contribution in [2.45, 2.75) is 126 Å². The molecule has 7 atom stereocenters. The Labute approximate surface area is 332 Å². The SMILES string of the molecule is CC(C)(C)C1NC(=O)OC2CCCC2OC/C=C/C(F)(F)c2nc3ccccc3nc2OC2CC(C(=O)NC3(C(=O)NS(=O)(=O)C4(C)CC4)CC3C(F)F)N(C2)C1=O. The molecule has 3 aliphatic carbocycles. The van der Waals surface area contributed by atoms with Crippen LogP contribution in [-0.4, -0.2) is 107 Å². The molecule has 1 aromatic heterocycles. The summed E-state index contributed by atoms with van der Waals surface area (Å²) in [5.74, 6) is -9.43. The lowest BCUT2D eigenvalue weighted by molar-refractivity contribution is -0.143. The summed E-state index contributed by atoms with van der Waals surface area (Å²) in [4.78, 5) is 65.3. The van der Waals surface area contributed by atoms with Crippen LogP contribution >= 0.6 is 0 Å². The molecule has 15 nitrogen and oxygen atoms in total. The highest BCUT2D eigenvalue weighted by Crippen LogP contribution is 2.49. The summed E-state index contributed by atoms with van der Waals surface area (Å²) in [6.07, 6.45) is -4.10. The van der Waals surface area contributed by atoms with E-state index in [1.807, 2.05) is 4.72 Å². The van der Waals surface area contributed by atoms with Crippen LogP contribution in [0.25, 0.3) is 11.0 Å². The first-order valence-corrected chi connectivity index (χ1v) is 20.7. The number of alkyl halides is 4. The minimum atomic E-state index is -4.30. The predicted molar refractivity (Wildman–Crippen MR) is 197 cm³/mol. The van der Waals surface area contributed by atoms with Gasteiger partial charge in [0, 0.05) is 6.42 Å². The molecule has 58 heavy (non-hydrogen) atoms. The smallest absolute Gasteiger partial charge is 0.408 e. The zero-order chi connectivity index (χ0) is 42.0. The van der Waals surface area contributed by atoms with Crippen molar-refractivity contribution >= 4 is 44.9 Å². The van der Waals surface area contributed by atoms with Gasteiger partial charge in [0.15, 0.2) is 5.69 Å². The van der Waals surface area contributed by atoms with Gasteiger partial charge in [-0.25, -0.2) is 32.0 Å². The number of carbonyl (C=O) groups is 4. The van der Waals surface area contributed by atoms with Crippen molar-refractivity contribution in [1.29, 1.82) is 0 Å². The largest absolute Gasteiger partial charge is 0.471 e. The lowest BCUT2D eigenvalue weighted by Gasteiger charge is -2.35. The molecular formula is C38H46F4N6O9S. The second-order valence-corrected chi connectivity index (χ2v) is 19.3. The maximum atomic E-state index is 16.1. The standard InChI is InChI=1S/C38H46F4N6O9S/c1-35(2,3)28-32(50)48-19-20(17-24(48)30(49)46-37(18-21(37)29(39)40)33(51)47-58(53,54)36(4)14-15-36)56-31-27(43-22-9-5-6-10-23(22)44-31)38(41,42)13-8-16-55-25-11-7-12-26(25)57-34(52)45-28/h5-6,8-10,13,20-21,24-26,28-29H,7,11-12,14-19H2,1-4H3,(H,45,52)(H,46,49)(H,47,51)/b13-8+. The minimum Gasteiger partial charge on any atom is -0.471 e. The normalized spacial score (nSPS) is 31.4. The van der Waals surface area contributed by atoms with Crippen LogP contribution in [-0.2, 0) is 39.8 Å². The van der Waals surface area contributed by atoms with E-state index in [1.165, 1.54) is 19.1 Å². The van der Waals surface area contributed by atoms with Gasteiger partial charge in [0.1, 0.15) is 29.8 Å². The maximum absolute atomic E-state index is 16.1. The lowest BCUT2D eigenvalue weighted by atomic mass is 9.85. The second kappa shape index (κ2) is 14.9. The quantitative estimate of drug-likeness (QED) is 0.283.